The highest BCUT2D eigenvalue weighted by atomic mass is 35.5. The number of H-pyrrole nitrogens is 1. The Morgan fingerprint density at radius 2 is 1.84 bits per heavy atom. The molecule has 2 aromatic carbocycles. The molecule has 0 saturated heterocycles. The summed E-state index contributed by atoms with van der Waals surface area (Å²) in [5, 5.41) is 0.733. The molecule has 1 heterocycles. The molecule has 0 fully saturated rings. The zero-order chi connectivity index (χ0) is 13.1. The second kappa shape index (κ2) is 5.29. The van der Waals surface area contributed by atoms with Crippen molar-refractivity contribution in [1.82, 2.24) is 9.97 Å². The predicted molar refractivity (Wildman–Crippen MR) is 78.3 cm³/mol. The Morgan fingerprint density at radius 3 is 2.63 bits per heavy atom. The predicted octanol–water partition coefficient (Wildman–Crippen LogP) is 4.32. The molecule has 1 N–H and O–H groups in total. The lowest BCUT2D eigenvalue weighted by molar-refractivity contribution is 1.03. The van der Waals surface area contributed by atoms with Crippen molar-refractivity contribution in [3.8, 4) is 11.3 Å². The maximum Gasteiger partial charge on any atom is 0.110 e. The standard InChI is InChI=1S/C16H13ClN2/c17-14-8-4-7-13(10-14)15-11-18-16(19-15)9-12-5-2-1-3-6-12/h1-8,10-11H,9H2,(H,18,19). The molecule has 0 atom stereocenters. The SMILES string of the molecule is Clc1cccc(-c2cnc(Cc3ccccc3)[nH]2)c1. The van der Waals surface area contributed by atoms with Crippen molar-refractivity contribution in [3.63, 3.8) is 0 Å². The minimum atomic E-state index is 0.733. The molecule has 0 aliphatic carbocycles. The third kappa shape index (κ3) is 2.85. The lowest BCUT2D eigenvalue weighted by Crippen LogP contribution is -1.90. The van der Waals surface area contributed by atoms with Crippen LogP contribution in [0, 0.1) is 0 Å². The highest BCUT2D eigenvalue weighted by Crippen LogP contribution is 2.21. The molecule has 3 aromatic rings. The van der Waals surface area contributed by atoms with Crippen molar-refractivity contribution >= 4 is 11.6 Å². The van der Waals surface area contributed by atoms with Gasteiger partial charge in [-0.2, -0.15) is 0 Å². The van der Waals surface area contributed by atoms with Crippen molar-refractivity contribution in [1.29, 1.82) is 0 Å². The van der Waals surface area contributed by atoms with E-state index in [1.54, 1.807) is 0 Å². The summed E-state index contributed by atoms with van der Waals surface area (Å²) in [5.41, 5.74) is 3.29. The zero-order valence-corrected chi connectivity index (χ0v) is 11.1. The molecule has 0 bridgehead atoms. The maximum atomic E-state index is 6.00. The van der Waals surface area contributed by atoms with E-state index < -0.39 is 0 Å². The Bertz CT molecular complexity index is 674. The first-order chi connectivity index (χ1) is 9.31. The molecule has 0 unspecified atom stereocenters. The summed E-state index contributed by atoms with van der Waals surface area (Å²) in [6, 6.07) is 18.0. The zero-order valence-electron chi connectivity index (χ0n) is 10.3. The number of halogens is 1. The number of aromatic amines is 1. The number of aromatic nitrogens is 2. The number of nitrogens with zero attached hydrogens (tertiary/aromatic N) is 1. The van der Waals surface area contributed by atoms with Crippen LogP contribution in [0.25, 0.3) is 11.3 Å². The average Bonchev–Trinajstić information content (AvgIpc) is 2.88. The fourth-order valence-corrected chi connectivity index (χ4v) is 2.23. The summed E-state index contributed by atoms with van der Waals surface area (Å²) in [4.78, 5) is 7.75. The number of hydrogen-bond donors (Lipinski definition) is 1. The van der Waals surface area contributed by atoms with Gasteiger partial charge >= 0.3 is 0 Å². The summed E-state index contributed by atoms with van der Waals surface area (Å²) in [5.74, 6) is 0.959. The van der Waals surface area contributed by atoms with E-state index in [0.29, 0.717) is 0 Å². The van der Waals surface area contributed by atoms with Crippen LogP contribution in [0.15, 0.2) is 60.8 Å². The van der Waals surface area contributed by atoms with E-state index >= 15 is 0 Å². The number of hydrogen-bond acceptors (Lipinski definition) is 1. The van der Waals surface area contributed by atoms with Crippen LogP contribution in [0.5, 0.6) is 0 Å². The molecular weight excluding hydrogens is 256 g/mol. The second-order valence-corrected chi connectivity index (χ2v) is 4.85. The number of rotatable bonds is 3. The summed E-state index contributed by atoms with van der Waals surface area (Å²) >= 11 is 6.00. The lowest BCUT2D eigenvalue weighted by atomic mass is 10.1. The van der Waals surface area contributed by atoms with Crippen LogP contribution in [0.1, 0.15) is 11.4 Å². The van der Waals surface area contributed by atoms with Gasteiger partial charge in [-0.3, -0.25) is 0 Å². The molecule has 19 heavy (non-hydrogen) atoms. The van der Waals surface area contributed by atoms with E-state index in [-0.39, 0.29) is 0 Å². The topological polar surface area (TPSA) is 28.7 Å². The minimum absolute atomic E-state index is 0.733. The van der Waals surface area contributed by atoms with Gasteiger partial charge in [0.2, 0.25) is 0 Å². The minimum Gasteiger partial charge on any atom is -0.342 e. The molecule has 1 aromatic heterocycles. The normalized spacial score (nSPS) is 10.6. The Hall–Kier alpha value is -2.06. The molecule has 3 heteroatoms. The van der Waals surface area contributed by atoms with Crippen molar-refractivity contribution in [3.05, 3.63) is 77.2 Å². The molecule has 3 rings (SSSR count). The number of nitrogens with one attached hydrogen (secondary N) is 1. The molecule has 0 spiro atoms. The summed E-state index contributed by atoms with van der Waals surface area (Å²) < 4.78 is 0. The average molecular weight is 269 g/mol. The van der Waals surface area contributed by atoms with Crippen LogP contribution in [-0.2, 0) is 6.42 Å². The highest BCUT2D eigenvalue weighted by Gasteiger charge is 2.04. The molecule has 2 nitrogen and oxygen atoms in total. The maximum absolute atomic E-state index is 6.00. The first-order valence-corrected chi connectivity index (χ1v) is 6.53. The molecule has 0 aliphatic heterocycles. The lowest BCUT2D eigenvalue weighted by Gasteiger charge is -1.99. The third-order valence-corrected chi connectivity index (χ3v) is 3.21. The molecule has 0 radical (unpaired) electrons. The van der Waals surface area contributed by atoms with Crippen molar-refractivity contribution in [2.45, 2.75) is 6.42 Å². The van der Waals surface area contributed by atoms with Gasteiger partial charge in [-0.25, -0.2) is 4.98 Å². The molecule has 0 amide bonds. The van der Waals surface area contributed by atoms with Gasteiger partial charge in [0.15, 0.2) is 0 Å². The fourth-order valence-electron chi connectivity index (χ4n) is 2.04. The Balaban J connectivity index is 1.84. The van der Waals surface area contributed by atoms with Gasteiger partial charge in [0.1, 0.15) is 5.82 Å². The van der Waals surface area contributed by atoms with E-state index in [1.165, 1.54) is 5.56 Å². The van der Waals surface area contributed by atoms with Gasteiger partial charge in [-0.05, 0) is 17.7 Å². The number of benzene rings is 2. The van der Waals surface area contributed by atoms with Crippen LogP contribution >= 0.6 is 11.6 Å². The Kier molecular flexibility index (Phi) is 3.34. The van der Waals surface area contributed by atoms with Gasteiger partial charge in [-0.1, -0.05) is 54.1 Å². The van der Waals surface area contributed by atoms with Crippen LogP contribution in [-0.4, -0.2) is 9.97 Å². The first kappa shape index (κ1) is 12.0. The Labute approximate surface area is 117 Å². The van der Waals surface area contributed by atoms with Gasteiger partial charge in [0, 0.05) is 17.0 Å². The molecule has 0 aliphatic rings. The molecule has 0 saturated carbocycles. The fraction of sp³-hybridized carbons (Fsp3) is 0.0625. The van der Waals surface area contributed by atoms with Gasteiger partial charge in [-0.15, -0.1) is 0 Å². The third-order valence-electron chi connectivity index (χ3n) is 2.98. The van der Waals surface area contributed by atoms with Gasteiger partial charge in [0.25, 0.3) is 0 Å². The number of imidazole rings is 1. The van der Waals surface area contributed by atoms with Crippen molar-refractivity contribution < 1.29 is 0 Å². The van der Waals surface area contributed by atoms with Crippen molar-refractivity contribution in [2.24, 2.45) is 0 Å². The quantitative estimate of drug-likeness (QED) is 0.753. The Morgan fingerprint density at radius 1 is 1.00 bits per heavy atom. The smallest absolute Gasteiger partial charge is 0.110 e. The first-order valence-electron chi connectivity index (χ1n) is 6.15. The summed E-state index contributed by atoms with van der Waals surface area (Å²) in [7, 11) is 0. The van der Waals surface area contributed by atoms with E-state index in [4.69, 9.17) is 11.6 Å². The van der Waals surface area contributed by atoms with Crippen LogP contribution < -0.4 is 0 Å². The van der Waals surface area contributed by atoms with Gasteiger partial charge < -0.3 is 4.98 Å². The largest absolute Gasteiger partial charge is 0.342 e. The van der Waals surface area contributed by atoms with E-state index in [2.05, 4.69) is 22.1 Å². The highest BCUT2D eigenvalue weighted by molar-refractivity contribution is 6.30. The van der Waals surface area contributed by atoms with Crippen molar-refractivity contribution in [2.75, 3.05) is 0 Å². The monoisotopic (exact) mass is 268 g/mol. The molecule has 94 valence electrons. The second-order valence-electron chi connectivity index (χ2n) is 4.42. The van der Waals surface area contributed by atoms with Crippen LogP contribution in [0.3, 0.4) is 0 Å². The van der Waals surface area contributed by atoms with E-state index in [9.17, 15) is 0 Å². The summed E-state index contributed by atoms with van der Waals surface area (Å²) in [6.45, 7) is 0. The summed E-state index contributed by atoms with van der Waals surface area (Å²) in [6.07, 6.45) is 2.66. The van der Waals surface area contributed by atoms with Crippen LogP contribution in [0.4, 0.5) is 0 Å². The van der Waals surface area contributed by atoms with Crippen LogP contribution in [0.2, 0.25) is 5.02 Å². The molecular formula is C16H13ClN2. The van der Waals surface area contributed by atoms with E-state index in [1.807, 2.05) is 48.7 Å². The van der Waals surface area contributed by atoms with Gasteiger partial charge in [0.05, 0.1) is 11.9 Å². The van der Waals surface area contributed by atoms with E-state index in [0.717, 1.165) is 28.5 Å².